The van der Waals surface area contributed by atoms with Crippen LogP contribution in [0.2, 0.25) is 0 Å². The minimum absolute atomic E-state index is 0.231. The molecule has 0 saturated carbocycles. The third-order valence-electron chi connectivity index (χ3n) is 5.56. The third-order valence-corrected chi connectivity index (χ3v) is 6.53. The predicted octanol–water partition coefficient (Wildman–Crippen LogP) is 3.18. The average molecular weight is 449 g/mol. The van der Waals surface area contributed by atoms with Crippen molar-refractivity contribution in [3.8, 4) is 0 Å². The Bertz CT molecular complexity index is 847. The number of hydrogen-bond acceptors (Lipinski definition) is 6. The first kappa shape index (κ1) is 23.8. The second-order valence-electron chi connectivity index (χ2n) is 8.38. The van der Waals surface area contributed by atoms with Gasteiger partial charge in [0.15, 0.2) is 5.96 Å². The maximum atomic E-state index is 11.0. The van der Waals surface area contributed by atoms with Crippen LogP contribution in [0.3, 0.4) is 0 Å². The quantitative estimate of drug-likeness (QED) is 0.425. The van der Waals surface area contributed by atoms with Crippen molar-refractivity contribution in [2.24, 2.45) is 4.99 Å². The molecule has 1 fully saturated rings. The van der Waals surface area contributed by atoms with Crippen LogP contribution in [0.15, 0.2) is 33.0 Å². The minimum Gasteiger partial charge on any atom is -0.466 e. The fourth-order valence-corrected chi connectivity index (χ4v) is 4.90. The topological polar surface area (TPSA) is 82.3 Å². The van der Waals surface area contributed by atoms with Gasteiger partial charge in [0.1, 0.15) is 17.1 Å². The van der Waals surface area contributed by atoms with Crippen LogP contribution in [0.1, 0.15) is 48.8 Å². The van der Waals surface area contributed by atoms with Gasteiger partial charge in [-0.1, -0.05) is 6.07 Å². The molecule has 31 heavy (non-hydrogen) atoms. The summed E-state index contributed by atoms with van der Waals surface area (Å²) >= 11 is 1.78. The van der Waals surface area contributed by atoms with E-state index in [0.29, 0.717) is 5.96 Å². The number of aliphatic imine (C=N–C) groups is 1. The summed E-state index contributed by atoms with van der Waals surface area (Å²) in [5, 5.41) is 19.9. The van der Waals surface area contributed by atoms with Gasteiger partial charge in [0, 0.05) is 36.6 Å². The lowest BCUT2D eigenvalue weighted by Gasteiger charge is -2.37. The van der Waals surface area contributed by atoms with Crippen LogP contribution in [0.25, 0.3) is 0 Å². The number of hydrogen-bond donors (Lipinski definition) is 3. The molecule has 2 aromatic rings. The molecule has 0 radical (unpaired) electrons. The number of thiophene rings is 1. The van der Waals surface area contributed by atoms with Crippen LogP contribution in [-0.2, 0) is 10.3 Å². The Labute approximate surface area is 189 Å². The highest BCUT2D eigenvalue weighted by Gasteiger charge is 2.29. The first-order valence-corrected chi connectivity index (χ1v) is 11.9. The summed E-state index contributed by atoms with van der Waals surface area (Å²) in [4.78, 5) is 8.49. The monoisotopic (exact) mass is 448 g/mol. The Kier molecular flexibility index (Phi) is 8.16. The number of aliphatic hydroxyl groups is 1. The fourth-order valence-electron chi connectivity index (χ4n) is 4.04. The van der Waals surface area contributed by atoms with E-state index in [4.69, 9.17) is 9.15 Å². The van der Waals surface area contributed by atoms with Crippen LogP contribution in [-0.4, -0.2) is 61.4 Å². The molecule has 172 valence electrons. The van der Waals surface area contributed by atoms with Gasteiger partial charge in [0.05, 0.1) is 25.3 Å². The van der Waals surface area contributed by atoms with Crippen molar-refractivity contribution in [3.63, 3.8) is 0 Å². The van der Waals surface area contributed by atoms with Crippen LogP contribution in [0, 0.1) is 13.8 Å². The van der Waals surface area contributed by atoms with Gasteiger partial charge in [-0.3, -0.25) is 4.90 Å². The lowest BCUT2D eigenvalue weighted by atomic mass is 9.96. The van der Waals surface area contributed by atoms with Gasteiger partial charge in [-0.25, -0.2) is 4.99 Å². The number of guanidine groups is 1. The Morgan fingerprint density at radius 1 is 1.42 bits per heavy atom. The van der Waals surface area contributed by atoms with Crippen molar-refractivity contribution in [1.29, 1.82) is 0 Å². The van der Waals surface area contributed by atoms with Crippen molar-refractivity contribution in [3.05, 3.63) is 45.5 Å². The molecule has 0 aliphatic carbocycles. The molecule has 1 aliphatic rings. The van der Waals surface area contributed by atoms with E-state index in [1.807, 2.05) is 26.8 Å². The molecule has 0 aromatic carbocycles. The van der Waals surface area contributed by atoms with E-state index in [-0.39, 0.29) is 18.7 Å². The Morgan fingerprint density at radius 3 is 2.84 bits per heavy atom. The van der Waals surface area contributed by atoms with Gasteiger partial charge in [0.2, 0.25) is 0 Å². The van der Waals surface area contributed by atoms with E-state index in [9.17, 15) is 5.11 Å². The fraction of sp³-hybridized carbons (Fsp3) is 0.609. The second kappa shape index (κ2) is 10.6. The number of nitrogens with one attached hydrogen (secondary N) is 2. The van der Waals surface area contributed by atoms with E-state index in [2.05, 4.69) is 45.0 Å². The molecule has 3 atom stereocenters. The SMILES string of the molecule is CCNC(=NCC(C)(O)c1cc(C)oc1C)NCC(c1cccs1)N1CCOC(C)C1. The van der Waals surface area contributed by atoms with Gasteiger partial charge >= 0.3 is 0 Å². The van der Waals surface area contributed by atoms with Gasteiger partial charge < -0.3 is 24.9 Å². The van der Waals surface area contributed by atoms with Gasteiger partial charge in [-0.05, 0) is 52.1 Å². The molecule has 0 bridgehead atoms. The molecule has 1 saturated heterocycles. The highest BCUT2D eigenvalue weighted by molar-refractivity contribution is 7.10. The molecule has 0 spiro atoms. The number of ether oxygens (including phenoxy) is 1. The summed E-state index contributed by atoms with van der Waals surface area (Å²) in [5.74, 6) is 2.22. The van der Waals surface area contributed by atoms with Gasteiger partial charge in [0.25, 0.3) is 0 Å². The van der Waals surface area contributed by atoms with E-state index in [1.54, 1.807) is 18.3 Å². The van der Waals surface area contributed by atoms with Gasteiger partial charge in [-0.15, -0.1) is 11.3 Å². The Morgan fingerprint density at radius 2 is 2.23 bits per heavy atom. The smallest absolute Gasteiger partial charge is 0.191 e. The van der Waals surface area contributed by atoms with E-state index >= 15 is 0 Å². The lowest BCUT2D eigenvalue weighted by molar-refractivity contribution is -0.0334. The van der Waals surface area contributed by atoms with Crippen molar-refractivity contribution >= 4 is 17.3 Å². The molecule has 0 amide bonds. The molecule has 8 heteroatoms. The van der Waals surface area contributed by atoms with E-state index in [1.165, 1.54) is 4.88 Å². The molecule has 3 unspecified atom stereocenters. The number of rotatable bonds is 8. The first-order chi connectivity index (χ1) is 14.8. The van der Waals surface area contributed by atoms with Crippen molar-refractivity contribution in [2.45, 2.75) is 52.4 Å². The highest BCUT2D eigenvalue weighted by Crippen LogP contribution is 2.28. The largest absolute Gasteiger partial charge is 0.466 e. The molecule has 3 heterocycles. The summed E-state index contributed by atoms with van der Waals surface area (Å²) in [5.41, 5.74) is -0.319. The zero-order chi connectivity index (χ0) is 22.4. The number of furan rings is 1. The van der Waals surface area contributed by atoms with Crippen LogP contribution in [0.4, 0.5) is 0 Å². The summed E-state index contributed by atoms with van der Waals surface area (Å²) < 4.78 is 11.3. The van der Waals surface area contributed by atoms with Crippen molar-refractivity contribution in [2.75, 3.05) is 39.3 Å². The minimum atomic E-state index is -1.10. The Balaban J connectivity index is 1.70. The van der Waals surface area contributed by atoms with E-state index in [0.717, 1.165) is 49.9 Å². The van der Waals surface area contributed by atoms with E-state index < -0.39 is 5.60 Å². The number of nitrogens with zero attached hydrogens (tertiary/aromatic N) is 2. The summed E-state index contributed by atoms with van der Waals surface area (Å²) in [6.45, 7) is 14.0. The maximum absolute atomic E-state index is 11.0. The van der Waals surface area contributed by atoms with Crippen LogP contribution >= 0.6 is 11.3 Å². The van der Waals surface area contributed by atoms with Gasteiger partial charge in [-0.2, -0.15) is 0 Å². The summed E-state index contributed by atoms with van der Waals surface area (Å²) in [7, 11) is 0. The van der Waals surface area contributed by atoms with Crippen molar-refractivity contribution < 1.29 is 14.3 Å². The zero-order valence-corrected chi connectivity index (χ0v) is 20.1. The average Bonchev–Trinajstić information content (AvgIpc) is 3.36. The molecule has 2 aromatic heterocycles. The zero-order valence-electron chi connectivity index (χ0n) is 19.3. The third kappa shape index (κ3) is 6.32. The normalized spacial score (nSPS) is 21.0. The summed E-state index contributed by atoms with van der Waals surface area (Å²) in [6.07, 6.45) is 0.231. The van der Waals surface area contributed by atoms with Crippen LogP contribution in [0.5, 0.6) is 0 Å². The van der Waals surface area contributed by atoms with Crippen LogP contribution < -0.4 is 10.6 Å². The first-order valence-electron chi connectivity index (χ1n) is 11.0. The molecule has 1 aliphatic heterocycles. The highest BCUT2D eigenvalue weighted by atomic mass is 32.1. The molecular formula is C23H36N4O3S. The molecule has 3 N–H and O–H groups in total. The summed E-state index contributed by atoms with van der Waals surface area (Å²) in [6, 6.07) is 6.42. The standard InChI is InChI=1S/C23H36N4O3S/c1-6-24-22(26-15-23(5,28)19-12-16(2)30-18(19)4)25-13-20(21-8-7-11-31-21)27-9-10-29-17(3)14-27/h7-8,11-12,17,20,28H,6,9-10,13-15H2,1-5H3,(H2,24,25,26). The lowest BCUT2D eigenvalue weighted by Crippen LogP contribution is -2.48. The molecule has 7 nitrogen and oxygen atoms in total. The predicted molar refractivity (Wildman–Crippen MR) is 126 cm³/mol. The maximum Gasteiger partial charge on any atom is 0.191 e. The number of aryl methyl sites for hydroxylation is 2. The van der Waals surface area contributed by atoms with Crippen molar-refractivity contribution in [1.82, 2.24) is 15.5 Å². The second-order valence-corrected chi connectivity index (χ2v) is 9.36. The Hall–Kier alpha value is -1.87. The number of morpholine rings is 1. The molecular weight excluding hydrogens is 412 g/mol. The molecule has 3 rings (SSSR count).